The Hall–Kier alpha value is -2.19. The van der Waals surface area contributed by atoms with E-state index in [9.17, 15) is 13.6 Å². The van der Waals surface area contributed by atoms with Gasteiger partial charge in [0.2, 0.25) is 0 Å². The van der Waals surface area contributed by atoms with Crippen LogP contribution < -0.4 is 5.32 Å². The smallest absolute Gasteiger partial charge is 0.274 e. The fourth-order valence-corrected chi connectivity index (χ4v) is 5.04. The summed E-state index contributed by atoms with van der Waals surface area (Å²) in [5.74, 6) is 0.253. The van der Waals surface area contributed by atoms with Crippen LogP contribution in [0.4, 0.5) is 8.78 Å². The second-order valence-corrected chi connectivity index (χ2v) is 8.94. The summed E-state index contributed by atoms with van der Waals surface area (Å²) in [4.78, 5) is 15.1. The average molecular weight is 433 g/mol. The molecule has 0 radical (unpaired) electrons. The number of hydrogen-bond donors (Lipinski definition) is 1. The standard InChI is InChI=1S/C22H26F2N4OS/c1-2-7-28-20-6-4-16(25-14-15-3-5-18(23)19(24)12-15)13-17(20)21(26-28)22(29)27-8-10-30-11-9-27/h2-3,5,12,16,25H,1,4,6-11,13-14H2. The molecule has 1 N–H and O–H groups in total. The van der Waals surface area contributed by atoms with Crippen molar-refractivity contribution in [3.8, 4) is 0 Å². The summed E-state index contributed by atoms with van der Waals surface area (Å²) in [6.45, 7) is 6.35. The predicted octanol–water partition coefficient (Wildman–Crippen LogP) is 3.18. The molecule has 1 saturated heterocycles. The van der Waals surface area contributed by atoms with Crippen molar-refractivity contribution in [1.82, 2.24) is 20.0 Å². The van der Waals surface area contributed by atoms with E-state index in [-0.39, 0.29) is 11.9 Å². The highest BCUT2D eigenvalue weighted by atomic mass is 32.2. The minimum Gasteiger partial charge on any atom is -0.336 e. The Labute approximate surface area is 179 Å². The zero-order valence-corrected chi connectivity index (χ0v) is 17.7. The fraction of sp³-hybridized carbons (Fsp3) is 0.455. The van der Waals surface area contributed by atoms with E-state index in [1.165, 1.54) is 6.07 Å². The van der Waals surface area contributed by atoms with Crippen LogP contribution in [-0.2, 0) is 25.9 Å². The summed E-state index contributed by atoms with van der Waals surface area (Å²) in [7, 11) is 0. The third-order valence-electron chi connectivity index (χ3n) is 5.73. The quantitative estimate of drug-likeness (QED) is 0.713. The Bertz CT molecular complexity index is 939. The number of carbonyl (C=O) groups is 1. The molecule has 0 bridgehead atoms. The van der Waals surface area contributed by atoms with Crippen LogP contribution in [-0.4, -0.2) is 51.2 Å². The first-order valence-corrected chi connectivity index (χ1v) is 11.5. The molecule has 1 aliphatic carbocycles. The molecule has 30 heavy (non-hydrogen) atoms. The minimum absolute atomic E-state index is 0.00983. The number of fused-ring (bicyclic) bond motifs is 1. The van der Waals surface area contributed by atoms with Gasteiger partial charge < -0.3 is 10.2 Å². The molecule has 4 rings (SSSR count). The summed E-state index contributed by atoms with van der Waals surface area (Å²) in [6.07, 6.45) is 4.20. The average Bonchev–Trinajstić information content (AvgIpc) is 3.12. The summed E-state index contributed by atoms with van der Waals surface area (Å²) >= 11 is 1.87. The lowest BCUT2D eigenvalue weighted by Gasteiger charge is -2.27. The lowest BCUT2D eigenvalue weighted by atomic mass is 9.91. The molecule has 1 aliphatic heterocycles. The Morgan fingerprint density at radius 3 is 2.83 bits per heavy atom. The van der Waals surface area contributed by atoms with Crippen LogP contribution in [0.1, 0.15) is 33.7 Å². The Morgan fingerprint density at radius 2 is 2.10 bits per heavy atom. The highest BCUT2D eigenvalue weighted by Gasteiger charge is 2.31. The monoisotopic (exact) mass is 432 g/mol. The molecule has 1 aromatic carbocycles. The van der Waals surface area contributed by atoms with Gasteiger partial charge in [0.25, 0.3) is 5.91 Å². The van der Waals surface area contributed by atoms with Gasteiger partial charge in [-0.15, -0.1) is 6.58 Å². The van der Waals surface area contributed by atoms with Gasteiger partial charge >= 0.3 is 0 Å². The maximum absolute atomic E-state index is 13.5. The largest absolute Gasteiger partial charge is 0.336 e. The highest BCUT2D eigenvalue weighted by Crippen LogP contribution is 2.27. The second-order valence-electron chi connectivity index (χ2n) is 7.72. The molecule has 160 valence electrons. The molecule has 1 atom stereocenters. The van der Waals surface area contributed by atoms with Gasteiger partial charge in [-0.05, 0) is 37.0 Å². The van der Waals surface area contributed by atoms with Crippen molar-refractivity contribution in [2.75, 3.05) is 24.6 Å². The van der Waals surface area contributed by atoms with Crippen molar-refractivity contribution in [3.05, 3.63) is 65.0 Å². The molecular weight excluding hydrogens is 406 g/mol. The number of nitrogens with zero attached hydrogens (tertiary/aromatic N) is 3. The van der Waals surface area contributed by atoms with E-state index in [4.69, 9.17) is 0 Å². The zero-order valence-electron chi connectivity index (χ0n) is 16.9. The van der Waals surface area contributed by atoms with Crippen molar-refractivity contribution in [2.24, 2.45) is 0 Å². The van der Waals surface area contributed by atoms with Crippen molar-refractivity contribution < 1.29 is 13.6 Å². The van der Waals surface area contributed by atoms with E-state index in [1.54, 1.807) is 12.1 Å². The van der Waals surface area contributed by atoms with E-state index in [2.05, 4.69) is 17.0 Å². The lowest BCUT2D eigenvalue weighted by Crippen LogP contribution is -2.39. The SMILES string of the molecule is C=CCn1nc(C(=O)N2CCSCC2)c2c1CCC(NCc1ccc(F)c(F)c1)C2. The maximum atomic E-state index is 13.5. The lowest BCUT2D eigenvalue weighted by molar-refractivity contribution is 0.0764. The van der Waals surface area contributed by atoms with Crippen molar-refractivity contribution >= 4 is 17.7 Å². The number of nitrogens with one attached hydrogen (secondary N) is 1. The zero-order chi connectivity index (χ0) is 21.1. The molecule has 1 amide bonds. The van der Waals surface area contributed by atoms with E-state index >= 15 is 0 Å². The maximum Gasteiger partial charge on any atom is 0.274 e. The van der Waals surface area contributed by atoms with Gasteiger partial charge in [-0.1, -0.05) is 12.1 Å². The predicted molar refractivity (Wildman–Crippen MR) is 115 cm³/mol. The first kappa shape index (κ1) is 21.1. The first-order valence-electron chi connectivity index (χ1n) is 10.3. The Kier molecular flexibility index (Phi) is 6.53. The third-order valence-corrected chi connectivity index (χ3v) is 6.67. The summed E-state index contributed by atoms with van der Waals surface area (Å²) in [6, 6.07) is 4.11. The number of amides is 1. The summed E-state index contributed by atoms with van der Waals surface area (Å²) in [5, 5.41) is 8.10. The fourth-order valence-electron chi connectivity index (χ4n) is 4.14. The van der Waals surface area contributed by atoms with Crippen LogP contribution in [0.2, 0.25) is 0 Å². The van der Waals surface area contributed by atoms with Crippen LogP contribution in [0.15, 0.2) is 30.9 Å². The number of halogens is 2. The normalized spacial score (nSPS) is 18.9. The molecule has 5 nitrogen and oxygen atoms in total. The number of allylic oxidation sites excluding steroid dienone is 1. The molecule has 8 heteroatoms. The van der Waals surface area contributed by atoms with E-state index in [0.29, 0.717) is 30.8 Å². The minimum atomic E-state index is -0.838. The van der Waals surface area contributed by atoms with Crippen molar-refractivity contribution in [3.63, 3.8) is 0 Å². The van der Waals surface area contributed by atoms with Crippen LogP contribution in [0.3, 0.4) is 0 Å². The first-order chi connectivity index (χ1) is 14.6. The van der Waals surface area contributed by atoms with Crippen LogP contribution >= 0.6 is 11.8 Å². The Balaban J connectivity index is 1.51. The second kappa shape index (κ2) is 9.31. The summed E-state index contributed by atoms with van der Waals surface area (Å²) < 4.78 is 28.5. The number of rotatable bonds is 6. The molecule has 1 aromatic heterocycles. The van der Waals surface area contributed by atoms with Gasteiger partial charge in [0, 0.05) is 48.4 Å². The van der Waals surface area contributed by atoms with Gasteiger partial charge in [0.1, 0.15) is 0 Å². The Morgan fingerprint density at radius 1 is 1.30 bits per heavy atom. The number of thioether (sulfide) groups is 1. The molecule has 2 aromatic rings. The van der Waals surface area contributed by atoms with E-state index < -0.39 is 11.6 Å². The van der Waals surface area contributed by atoms with Gasteiger partial charge in [0.15, 0.2) is 17.3 Å². The third kappa shape index (κ3) is 4.44. The van der Waals surface area contributed by atoms with Gasteiger partial charge in [0.05, 0.1) is 6.54 Å². The van der Waals surface area contributed by atoms with Gasteiger partial charge in [-0.2, -0.15) is 16.9 Å². The van der Waals surface area contributed by atoms with Gasteiger partial charge in [-0.3, -0.25) is 9.48 Å². The van der Waals surface area contributed by atoms with Crippen molar-refractivity contribution in [1.29, 1.82) is 0 Å². The number of hydrogen-bond acceptors (Lipinski definition) is 4. The molecule has 0 saturated carbocycles. The van der Waals surface area contributed by atoms with Gasteiger partial charge in [-0.25, -0.2) is 8.78 Å². The molecule has 2 heterocycles. The van der Waals surface area contributed by atoms with Crippen LogP contribution in [0.25, 0.3) is 0 Å². The van der Waals surface area contributed by atoms with E-state index in [1.807, 2.05) is 21.3 Å². The number of aromatic nitrogens is 2. The van der Waals surface area contributed by atoms with Crippen LogP contribution in [0.5, 0.6) is 0 Å². The van der Waals surface area contributed by atoms with Crippen molar-refractivity contribution in [2.45, 2.75) is 38.4 Å². The van der Waals surface area contributed by atoms with Crippen LogP contribution in [0, 0.1) is 11.6 Å². The summed E-state index contributed by atoms with van der Waals surface area (Å²) in [5.41, 5.74) is 3.37. The number of benzene rings is 1. The topological polar surface area (TPSA) is 50.2 Å². The molecule has 0 spiro atoms. The molecular formula is C22H26F2N4OS. The molecule has 1 unspecified atom stereocenters. The highest BCUT2D eigenvalue weighted by molar-refractivity contribution is 7.99. The number of carbonyl (C=O) groups excluding carboxylic acids is 1. The van der Waals surface area contributed by atoms with E-state index in [0.717, 1.165) is 54.8 Å². The molecule has 2 aliphatic rings. The molecule has 1 fully saturated rings.